The number of thiazole rings is 1. The number of nitrogens with one attached hydrogen (secondary N) is 1. The zero-order valence-corrected chi connectivity index (χ0v) is 18.3. The maximum atomic E-state index is 12.8. The summed E-state index contributed by atoms with van der Waals surface area (Å²) in [7, 11) is 0. The largest absolute Gasteiger partial charge is 0.320 e. The average molecular weight is 502 g/mol. The molecule has 0 aliphatic heterocycles. The molecule has 3 aromatic carbocycles. The number of hydrogen-bond donors (Lipinski definition) is 1. The van der Waals surface area contributed by atoms with E-state index in [1.165, 1.54) is 0 Å². The number of aromatic nitrogens is 1. The monoisotopic (exact) mass is 500 g/mol. The first kappa shape index (κ1) is 18.3. The summed E-state index contributed by atoms with van der Waals surface area (Å²) in [5.74, 6) is -0.149. The zero-order valence-electron chi connectivity index (χ0n) is 14.3. The lowest BCUT2D eigenvalue weighted by Gasteiger charge is -2.13. The molecule has 1 heterocycles. The number of carbonyl (C=O) groups is 1. The van der Waals surface area contributed by atoms with Gasteiger partial charge in [-0.15, -0.1) is 11.3 Å². The van der Waals surface area contributed by atoms with E-state index in [9.17, 15) is 4.79 Å². The topological polar surface area (TPSA) is 42.0 Å². The molecule has 0 aliphatic rings. The van der Waals surface area contributed by atoms with Crippen LogP contribution in [0, 0.1) is 6.92 Å². The number of anilines is 1. The Hall–Kier alpha value is -2.02. The number of aryl methyl sites for hydroxylation is 1. The Balaban J connectivity index is 1.79. The highest BCUT2D eigenvalue weighted by atomic mass is 79.9. The van der Waals surface area contributed by atoms with E-state index < -0.39 is 0 Å². The highest BCUT2D eigenvalue weighted by Crippen LogP contribution is 2.40. The minimum atomic E-state index is -0.149. The quantitative estimate of drug-likeness (QED) is 0.326. The number of carbonyl (C=O) groups excluding carboxylic acids is 1. The van der Waals surface area contributed by atoms with Gasteiger partial charge in [-0.25, -0.2) is 4.98 Å². The maximum Gasteiger partial charge on any atom is 0.255 e. The molecule has 3 nitrogen and oxygen atoms in total. The fourth-order valence-electron chi connectivity index (χ4n) is 2.83. The standard InChI is InChI=1S/C21H14Br2N2OS/c1-12-5-4-6-13(9-12)20(26)25-19-15(10-14(22)11-16(19)23)21-24-17-7-2-3-8-18(17)27-21/h2-11H,1H3,(H,25,26). The fourth-order valence-corrected chi connectivity index (χ4v) is 5.14. The van der Waals surface area contributed by atoms with Gasteiger partial charge in [0.2, 0.25) is 0 Å². The van der Waals surface area contributed by atoms with Crippen molar-refractivity contribution in [3.05, 3.63) is 80.7 Å². The Bertz CT molecular complexity index is 1140. The summed E-state index contributed by atoms with van der Waals surface area (Å²) in [6.45, 7) is 1.97. The van der Waals surface area contributed by atoms with Crippen molar-refractivity contribution < 1.29 is 4.79 Å². The highest BCUT2D eigenvalue weighted by molar-refractivity contribution is 9.11. The van der Waals surface area contributed by atoms with Gasteiger partial charge in [-0.3, -0.25) is 4.79 Å². The number of nitrogens with zero attached hydrogens (tertiary/aromatic N) is 1. The Labute approximate surface area is 177 Å². The molecule has 1 aromatic heterocycles. The third kappa shape index (κ3) is 3.83. The zero-order chi connectivity index (χ0) is 19.0. The Morgan fingerprint density at radius 1 is 1.04 bits per heavy atom. The second-order valence-corrected chi connectivity index (χ2v) is 8.92. The van der Waals surface area contributed by atoms with Gasteiger partial charge in [-0.1, -0.05) is 45.8 Å². The number of amides is 1. The lowest BCUT2D eigenvalue weighted by atomic mass is 10.1. The first-order valence-electron chi connectivity index (χ1n) is 8.24. The molecule has 4 aromatic rings. The minimum Gasteiger partial charge on any atom is -0.320 e. The maximum absolute atomic E-state index is 12.8. The van der Waals surface area contributed by atoms with Gasteiger partial charge >= 0.3 is 0 Å². The highest BCUT2D eigenvalue weighted by Gasteiger charge is 2.17. The van der Waals surface area contributed by atoms with E-state index in [0.29, 0.717) is 11.3 Å². The summed E-state index contributed by atoms with van der Waals surface area (Å²) in [6.07, 6.45) is 0. The molecule has 0 unspecified atom stereocenters. The van der Waals surface area contributed by atoms with Crippen LogP contribution in [-0.2, 0) is 0 Å². The average Bonchev–Trinajstić information content (AvgIpc) is 3.07. The van der Waals surface area contributed by atoms with Gasteiger partial charge in [0.1, 0.15) is 5.01 Å². The van der Waals surface area contributed by atoms with Crippen molar-refractivity contribution in [2.45, 2.75) is 6.92 Å². The van der Waals surface area contributed by atoms with Crippen LogP contribution in [0.15, 0.2) is 69.6 Å². The van der Waals surface area contributed by atoms with Crippen LogP contribution in [-0.4, -0.2) is 10.9 Å². The molecule has 0 atom stereocenters. The molecule has 0 bridgehead atoms. The normalized spacial score (nSPS) is 10.9. The summed E-state index contributed by atoms with van der Waals surface area (Å²) in [5.41, 5.74) is 4.20. The van der Waals surface area contributed by atoms with Crippen molar-refractivity contribution in [3.63, 3.8) is 0 Å². The molecule has 0 saturated heterocycles. The molecule has 0 spiro atoms. The third-order valence-electron chi connectivity index (χ3n) is 4.10. The SMILES string of the molecule is Cc1cccc(C(=O)Nc2c(Br)cc(Br)cc2-c2nc3ccccc3s2)c1. The molecule has 0 radical (unpaired) electrons. The van der Waals surface area contributed by atoms with Crippen LogP contribution >= 0.6 is 43.2 Å². The van der Waals surface area contributed by atoms with Gasteiger partial charge in [0.25, 0.3) is 5.91 Å². The van der Waals surface area contributed by atoms with Crippen molar-refractivity contribution >= 4 is 65.0 Å². The molecule has 6 heteroatoms. The fraction of sp³-hybridized carbons (Fsp3) is 0.0476. The summed E-state index contributed by atoms with van der Waals surface area (Å²) < 4.78 is 2.82. The Kier molecular flexibility index (Phi) is 5.12. The Morgan fingerprint density at radius 2 is 1.85 bits per heavy atom. The van der Waals surface area contributed by atoms with Crippen LogP contribution in [0.2, 0.25) is 0 Å². The number of benzene rings is 3. The van der Waals surface area contributed by atoms with E-state index in [-0.39, 0.29) is 5.91 Å². The molecule has 1 amide bonds. The molecular formula is C21H14Br2N2OS. The van der Waals surface area contributed by atoms with Crippen molar-refractivity contribution in [1.29, 1.82) is 0 Å². The van der Waals surface area contributed by atoms with E-state index in [1.54, 1.807) is 11.3 Å². The molecular weight excluding hydrogens is 488 g/mol. The lowest BCUT2D eigenvalue weighted by Crippen LogP contribution is -2.13. The molecule has 1 N–H and O–H groups in total. The molecule has 0 aliphatic carbocycles. The predicted octanol–water partition coefficient (Wildman–Crippen LogP) is 7.05. The Morgan fingerprint density at radius 3 is 2.63 bits per heavy atom. The smallest absolute Gasteiger partial charge is 0.255 e. The van der Waals surface area contributed by atoms with Gasteiger partial charge in [0, 0.05) is 20.1 Å². The predicted molar refractivity (Wildman–Crippen MR) is 120 cm³/mol. The number of halogens is 2. The first-order valence-corrected chi connectivity index (χ1v) is 10.6. The summed E-state index contributed by atoms with van der Waals surface area (Å²) in [6, 6.07) is 19.5. The van der Waals surface area contributed by atoms with Crippen LogP contribution in [0.3, 0.4) is 0 Å². The second kappa shape index (κ2) is 7.54. The molecule has 134 valence electrons. The van der Waals surface area contributed by atoms with E-state index in [0.717, 1.165) is 35.3 Å². The molecule has 4 rings (SSSR count). The van der Waals surface area contributed by atoms with E-state index in [4.69, 9.17) is 4.98 Å². The van der Waals surface area contributed by atoms with Crippen molar-refractivity contribution in [1.82, 2.24) is 4.98 Å². The van der Waals surface area contributed by atoms with Crippen LogP contribution < -0.4 is 5.32 Å². The molecule has 0 saturated carbocycles. The summed E-state index contributed by atoms with van der Waals surface area (Å²) in [4.78, 5) is 17.5. The van der Waals surface area contributed by atoms with Crippen molar-refractivity contribution in [2.75, 3.05) is 5.32 Å². The van der Waals surface area contributed by atoms with E-state index in [1.807, 2.05) is 61.5 Å². The van der Waals surface area contributed by atoms with Crippen molar-refractivity contribution in [2.24, 2.45) is 0 Å². The third-order valence-corrected chi connectivity index (χ3v) is 6.25. The van der Waals surface area contributed by atoms with Crippen LogP contribution in [0.25, 0.3) is 20.8 Å². The molecule has 0 fully saturated rings. The summed E-state index contributed by atoms with van der Waals surface area (Å²) in [5, 5.41) is 3.91. The lowest BCUT2D eigenvalue weighted by molar-refractivity contribution is 0.102. The minimum absolute atomic E-state index is 0.149. The number of para-hydroxylation sites is 1. The second-order valence-electron chi connectivity index (χ2n) is 6.12. The van der Waals surface area contributed by atoms with Crippen molar-refractivity contribution in [3.8, 4) is 10.6 Å². The number of fused-ring (bicyclic) bond motifs is 1. The first-order chi connectivity index (χ1) is 13.0. The van der Waals surface area contributed by atoms with Crippen LogP contribution in [0.4, 0.5) is 5.69 Å². The van der Waals surface area contributed by atoms with Gasteiger partial charge < -0.3 is 5.32 Å². The van der Waals surface area contributed by atoms with Crippen LogP contribution in [0.1, 0.15) is 15.9 Å². The van der Waals surface area contributed by atoms with E-state index in [2.05, 4.69) is 43.2 Å². The van der Waals surface area contributed by atoms with Gasteiger partial charge in [-0.2, -0.15) is 0 Å². The van der Waals surface area contributed by atoms with Crippen LogP contribution in [0.5, 0.6) is 0 Å². The summed E-state index contributed by atoms with van der Waals surface area (Å²) >= 11 is 8.73. The van der Waals surface area contributed by atoms with Gasteiger partial charge in [0.15, 0.2) is 0 Å². The number of hydrogen-bond acceptors (Lipinski definition) is 3. The van der Waals surface area contributed by atoms with Gasteiger partial charge in [0.05, 0.1) is 15.9 Å². The molecule has 27 heavy (non-hydrogen) atoms. The van der Waals surface area contributed by atoms with E-state index >= 15 is 0 Å². The van der Waals surface area contributed by atoms with Gasteiger partial charge in [-0.05, 0) is 59.3 Å². The number of rotatable bonds is 3.